The summed E-state index contributed by atoms with van der Waals surface area (Å²) in [6.45, 7) is 0. The monoisotopic (exact) mass is 340 g/mol. The number of aromatic carboxylic acids is 1. The number of carboxylic acid groups (broad SMARTS) is 1. The molecule has 2 N–H and O–H groups in total. The maximum absolute atomic E-state index is 12.6. The predicted molar refractivity (Wildman–Crippen MR) is 90.9 cm³/mol. The molecule has 1 heterocycles. The molecule has 0 aliphatic carbocycles. The fourth-order valence-electron chi connectivity index (χ4n) is 2.68. The van der Waals surface area contributed by atoms with E-state index in [0.29, 0.717) is 11.4 Å². The van der Waals surface area contributed by atoms with Crippen LogP contribution in [0.15, 0.2) is 48.5 Å². The molecule has 1 aliphatic rings. The summed E-state index contributed by atoms with van der Waals surface area (Å²) in [5, 5.41) is 12.1. The van der Waals surface area contributed by atoms with Crippen LogP contribution in [-0.2, 0) is 9.59 Å². The summed E-state index contributed by atoms with van der Waals surface area (Å²) < 4.78 is 5.08. The van der Waals surface area contributed by atoms with Crippen LogP contribution in [0, 0.1) is 0 Å². The predicted octanol–water partition coefficient (Wildman–Crippen LogP) is 2.14. The van der Waals surface area contributed by atoms with Crippen molar-refractivity contribution in [1.82, 2.24) is 0 Å². The fraction of sp³-hybridized carbons (Fsp3) is 0.167. The lowest BCUT2D eigenvalue weighted by atomic mass is 10.2. The number of hydrogen-bond acceptors (Lipinski definition) is 5. The molecule has 1 atom stereocenters. The summed E-state index contributed by atoms with van der Waals surface area (Å²) in [6.07, 6.45) is 0.00214. The summed E-state index contributed by atoms with van der Waals surface area (Å²) >= 11 is 0. The van der Waals surface area contributed by atoms with E-state index in [1.54, 1.807) is 31.4 Å². The van der Waals surface area contributed by atoms with Crippen molar-refractivity contribution < 1.29 is 24.2 Å². The molecule has 2 aromatic rings. The highest BCUT2D eigenvalue weighted by molar-refractivity contribution is 6.23. The number of carbonyl (C=O) groups excluding carboxylic acids is 2. The minimum absolute atomic E-state index is 0.00214. The Kier molecular flexibility index (Phi) is 4.38. The van der Waals surface area contributed by atoms with Crippen LogP contribution < -0.4 is 15.0 Å². The second-order valence-corrected chi connectivity index (χ2v) is 5.55. The maximum atomic E-state index is 12.6. The van der Waals surface area contributed by atoms with E-state index in [-0.39, 0.29) is 23.6 Å². The van der Waals surface area contributed by atoms with Crippen molar-refractivity contribution >= 4 is 29.2 Å². The normalized spacial score (nSPS) is 16.8. The minimum atomic E-state index is -1.12. The standard InChI is InChI=1S/C18H16N2O5/c1-25-14-7-5-12(6-8-14)19-15-10-16(21)20(17(15)22)13-4-2-3-11(9-13)18(23)24/h2-9,15,19H,10H2,1H3,(H,23,24)/t15-/m0/s1. The Morgan fingerprint density at radius 2 is 1.92 bits per heavy atom. The molecule has 7 heteroatoms. The average Bonchev–Trinajstić information content (AvgIpc) is 2.89. The molecule has 0 saturated carbocycles. The summed E-state index contributed by atoms with van der Waals surface area (Å²) in [6, 6.07) is 12.1. The molecule has 0 radical (unpaired) electrons. The number of nitrogens with zero attached hydrogens (tertiary/aromatic N) is 1. The van der Waals surface area contributed by atoms with Crippen LogP contribution >= 0.6 is 0 Å². The van der Waals surface area contributed by atoms with Crippen LogP contribution in [0.3, 0.4) is 0 Å². The van der Waals surface area contributed by atoms with Crippen LogP contribution in [0.2, 0.25) is 0 Å². The molecule has 0 unspecified atom stereocenters. The third kappa shape index (κ3) is 3.30. The number of benzene rings is 2. The van der Waals surface area contributed by atoms with Gasteiger partial charge in [0.1, 0.15) is 11.8 Å². The maximum Gasteiger partial charge on any atom is 0.335 e. The molecular formula is C18H16N2O5. The van der Waals surface area contributed by atoms with Gasteiger partial charge < -0.3 is 15.2 Å². The van der Waals surface area contributed by atoms with Gasteiger partial charge in [0.2, 0.25) is 5.91 Å². The van der Waals surface area contributed by atoms with Gasteiger partial charge in [-0.15, -0.1) is 0 Å². The minimum Gasteiger partial charge on any atom is -0.497 e. The van der Waals surface area contributed by atoms with Gasteiger partial charge in [0.05, 0.1) is 24.8 Å². The molecule has 0 spiro atoms. The quantitative estimate of drug-likeness (QED) is 0.810. The molecule has 128 valence electrons. The van der Waals surface area contributed by atoms with Gasteiger partial charge in [0.25, 0.3) is 5.91 Å². The highest BCUT2D eigenvalue weighted by Gasteiger charge is 2.39. The Bertz CT molecular complexity index is 832. The van der Waals surface area contributed by atoms with Crippen molar-refractivity contribution in [3.63, 3.8) is 0 Å². The van der Waals surface area contributed by atoms with Crippen molar-refractivity contribution in [2.75, 3.05) is 17.3 Å². The van der Waals surface area contributed by atoms with Crippen molar-refractivity contribution in [2.24, 2.45) is 0 Å². The number of rotatable bonds is 5. The number of nitrogens with one attached hydrogen (secondary N) is 1. The van der Waals surface area contributed by atoms with Gasteiger partial charge in [0, 0.05) is 5.69 Å². The number of ether oxygens (including phenoxy) is 1. The number of hydrogen-bond donors (Lipinski definition) is 2. The fourth-order valence-corrected chi connectivity index (χ4v) is 2.68. The number of amides is 2. The summed E-state index contributed by atoms with van der Waals surface area (Å²) in [5.74, 6) is -1.22. The SMILES string of the molecule is COc1ccc(N[C@H]2CC(=O)N(c3cccc(C(=O)O)c3)C2=O)cc1. The molecule has 0 bridgehead atoms. The van der Waals surface area contributed by atoms with E-state index in [9.17, 15) is 14.4 Å². The highest BCUT2D eigenvalue weighted by Crippen LogP contribution is 2.26. The van der Waals surface area contributed by atoms with E-state index < -0.39 is 17.9 Å². The van der Waals surface area contributed by atoms with Crippen molar-refractivity contribution in [2.45, 2.75) is 12.5 Å². The molecule has 2 amide bonds. The molecule has 1 aliphatic heterocycles. The summed E-state index contributed by atoms with van der Waals surface area (Å²) in [4.78, 5) is 37.0. The zero-order chi connectivity index (χ0) is 18.0. The van der Waals surface area contributed by atoms with E-state index in [1.165, 1.54) is 24.3 Å². The van der Waals surface area contributed by atoms with E-state index >= 15 is 0 Å². The van der Waals surface area contributed by atoms with Crippen LogP contribution in [0.4, 0.5) is 11.4 Å². The Hall–Kier alpha value is -3.35. The Morgan fingerprint density at radius 3 is 2.56 bits per heavy atom. The smallest absolute Gasteiger partial charge is 0.335 e. The topological polar surface area (TPSA) is 95.9 Å². The van der Waals surface area contributed by atoms with Gasteiger partial charge in [-0.2, -0.15) is 0 Å². The largest absolute Gasteiger partial charge is 0.497 e. The first-order valence-electron chi connectivity index (χ1n) is 7.60. The number of carbonyl (C=O) groups is 3. The Morgan fingerprint density at radius 1 is 1.20 bits per heavy atom. The molecule has 1 fully saturated rings. The second-order valence-electron chi connectivity index (χ2n) is 5.55. The third-order valence-corrected chi connectivity index (χ3v) is 3.93. The van der Waals surface area contributed by atoms with Gasteiger partial charge in [0.15, 0.2) is 0 Å². The Balaban J connectivity index is 1.80. The van der Waals surface area contributed by atoms with E-state index in [1.807, 2.05) is 0 Å². The lowest BCUT2D eigenvalue weighted by Gasteiger charge is -2.16. The lowest BCUT2D eigenvalue weighted by Crippen LogP contribution is -2.34. The zero-order valence-corrected chi connectivity index (χ0v) is 13.4. The molecule has 0 aromatic heterocycles. The second kappa shape index (κ2) is 6.64. The van der Waals surface area contributed by atoms with E-state index in [4.69, 9.17) is 9.84 Å². The first kappa shape index (κ1) is 16.5. The van der Waals surface area contributed by atoms with Gasteiger partial charge >= 0.3 is 5.97 Å². The van der Waals surface area contributed by atoms with Crippen LogP contribution in [0.5, 0.6) is 5.75 Å². The van der Waals surface area contributed by atoms with E-state index in [0.717, 1.165) is 4.90 Å². The molecular weight excluding hydrogens is 324 g/mol. The number of anilines is 2. The van der Waals surface area contributed by atoms with Crippen LogP contribution in [0.1, 0.15) is 16.8 Å². The molecule has 7 nitrogen and oxygen atoms in total. The average molecular weight is 340 g/mol. The van der Waals surface area contributed by atoms with Gasteiger partial charge in [-0.1, -0.05) is 6.07 Å². The molecule has 3 rings (SSSR count). The van der Waals surface area contributed by atoms with Crippen LogP contribution in [0.25, 0.3) is 0 Å². The molecule has 25 heavy (non-hydrogen) atoms. The van der Waals surface area contributed by atoms with Crippen molar-refractivity contribution in [1.29, 1.82) is 0 Å². The van der Waals surface area contributed by atoms with Crippen molar-refractivity contribution in [3.05, 3.63) is 54.1 Å². The van der Waals surface area contributed by atoms with Gasteiger partial charge in [-0.3, -0.25) is 9.59 Å². The first-order chi connectivity index (χ1) is 12.0. The van der Waals surface area contributed by atoms with Gasteiger partial charge in [-0.25, -0.2) is 9.69 Å². The Labute approximate surface area is 143 Å². The van der Waals surface area contributed by atoms with E-state index in [2.05, 4.69) is 5.32 Å². The summed E-state index contributed by atoms with van der Waals surface area (Å²) in [5.41, 5.74) is 0.965. The summed E-state index contributed by atoms with van der Waals surface area (Å²) in [7, 11) is 1.56. The zero-order valence-electron chi connectivity index (χ0n) is 13.4. The number of carboxylic acids is 1. The molecule has 2 aromatic carbocycles. The van der Waals surface area contributed by atoms with Gasteiger partial charge in [-0.05, 0) is 42.5 Å². The van der Waals surface area contributed by atoms with Crippen molar-refractivity contribution in [3.8, 4) is 5.75 Å². The third-order valence-electron chi connectivity index (χ3n) is 3.93. The first-order valence-corrected chi connectivity index (χ1v) is 7.60. The van der Waals surface area contributed by atoms with Crippen LogP contribution in [-0.4, -0.2) is 36.0 Å². The number of imide groups is 1. The number of methoxy groups -OCH3 is 1. The highest BCUT2D eigenvalue weighted by atomic mass is 16.5. The molecule has 1 saturated heterocycles. The lowest BCUT2D eigenvalue weighted by molar-refractivity contribution is -0.121.